The molecule has 0 unspecified atom stereocenters. The van der Waals surface area contributed by atoms with Gasteiger partial charge in [-0.1, -0.05) is 37.6 Å². The summed E-state index contributed by atoms with van der Waals surface area (Å²) in [5.41, 5.74) is 1.84. The van der Waals surface area contributed by atoms with Crippen LogP contribution in [0.4, 0.5) is 4.39 Å². The molecule has 0 aliphatic carbocycles. The highest BCUT2D eigenvalue weighted by atomic mass is 35.5. The molecule has 3 nitrogen and oxygen atoms in total. The number of rotatable bonds is 6. The number of hydrogen-bond acceptors (Lipinski definition) is 2. The second-order valence-corrected chi connectivity index (χ2v) is 6.00. The van der Waals surface area contributed by atoms with Gasteiger partial charge in [0.15, 0.2) is 0 Å². The van der Waals surface area contributed by atoms with Crippen LogP contribution in [-0.2, 0) is 13.1 Å². The smallest absolute Gasteiger partial charge is 0.142 e. The van der Waals surface area contributed by atoms with Crippen LogP contribution < -0.4 is 5.32 Å². The number of aryl methyl sites for hydroxylation is 1. The lowest BCUT2D eigenvalue weighted by molar-refractivity contribution is 0.537. The molecule has 1 heterocycles. The van der Waals surface area contributed by atoms with Crippen LogP contribution in [0.1, 0.15) is 30.9 Å². The standard InChI is InChI=1S/C16H21ClFN3/c1-11(2)7-19-8-14-9-20-12(3)21(14)10-13-5-4-6-15(18)16(13)17/h4-6,9,11,19H,7-8,10H2,1-3H3. The molecule has 114 valence electrons. The van der Waals surface area contributed by atoms with E-state index in [0.29, 0.717) is 12.5 Å². The van der Waals surface area contributed by atoms with Gasteiger partial charge >= 0.3 is 0 Å². The van der Waals surface area contributed by atoms with Crippen molar-refractivity contribution < 1.29 is 4.39 Å². The average molecular weight is 310 g/mol. The highest BCUT2D eigenvalue weighted by molar-refractivity contribution is 6.31. The predicted octanol–water partition coefficient (Wildman–Crippen LogP) is 3.78. The molecule has 0 atom stereocenters. The summed E-state index contributed by atoms with van der Waals surface area (Å²) >= 11 is 6.04. The summed E-state index contributed by atoms with van der Waals surface area (Å²) in [4.78, 5) is 4.35. The summed E-state index contributed by atoms with van der Waals surface area (Å²) in [6.07, 6.45) is 1.86. The van der Waals surface area contributed by atoms with Gasteiger partial charge in [0.05, 0.1) is 17.3 Å². The van der Waals surface area contributed by atoms with E-state index in [2.05, 4.69) is 28.7 Å². The lowest BCUT2D eigenvalue weighted by Gasteiger charge is -2.13. The Morgan fingerprint density at radius 3 is 2.86 bits per heavy atom. The quantitative estimate of drug-likeness (QED) is 0.880. The molecular formula is C16H21ClFN3. The number of imidazole rings is 1. The molecule has 1 aromatic heterocycles. The fourth-order valence-electron chi connectivity index (χ4n) is 2.20. The van der Waals surface area contributed by atoms with Crippen molar-refractivity contribution in [1.29, 1.82) is 0 Å². The van der Waals surface area contributed by atoms with Crippen molar-refractivity contribution in [2.45, 2.75) is 33.9 Å². The van der Waals surface area contributed by atoms with Crippen LogP contribution in [0.3, 0.4) is 0 Å². The first-order valence-corrected chi connectivity index (χ1v) is 7.51. The van der Waals surface area contributed by atoms with Gasteiger partial charge in [-0.2, -0.15) is 0 Å². The maximum absolute atomic E-state index is 13.5. The Morgan fingerprint density at radius 2 is 2.14 bits per heavy atom. The first-order valence-electron chi connectivity index (χ1n) is 7.13. The van der Waals surface area contributed by atoms with E-state index in [1.807, 2.05) is 19.2 Å². The van der Waals surface area contributed by atoms with Crippen molar-refractivity contribution in [2.75, 3.05) is 6.54 Å². The number of aromatic nitrogens is 2. The number of nitrogens with one attached hydrogen (secondary N) is 1. The maximum atomic E-state index is 13.5. The molecule has 0 saturated heterocycles. The number of halogens is 2. The van der Waals surface area contributed by atoms with Crippen LogP contribution in [0, 0.1) is 18.7 Å². The Morgan fingerprint density at radius 1 is 1.38 bits per heavy atom. The zero-order chi connectivity index (χ0) is 15.4. The van der Waals surface area contributed by atoms with Gasteiger partial charge in [-0.3, -0.25) is 0 Å². The fourth-order valence-corrected chi connectivity index (χ4v) is 2.39. The minimum absolute atomic E-state index is 0.187. The molecular weight excluding hydrogens is 289 g/mol. The lowest BCUT2D eigenvalue weighted by atomic mass is 10.2. The molecule has 0 aliphatic rings. The Balaban J connectivity index is 2.16. The lowest BCUT2D eigenvalue weighted by Crippen LogP contribution is -2.21. The topological polar surface area (TPSA) is 29.9 Å². The summed E-state index contributed by atoms with van der Waals surface area (Å²) < 4.78 is 15.6. The fraction of sp³-hybridized carbons (Fsp3) is 0.438. The van der Waals surface area contributed by atoms with Crippen LogP contribution >= 0.6 is 11.6 Å². The van der Waals surface area contributed by atoms with Gasteiger partial charge in [-0.15, -0.1) is 0 Å². The molecule has 1 N–H and O–H groups in total. The summed E-state index contributed by atoms with van der Waals surface area (Å²) in [5.74, 6) is 1.11. The van der Waals surface area contributed by atoms with Gasteiger partial charge < -0.3 is 9.88 Å². The van der Waals surface area contributed by atoms with Crippen molar-refractivity contribution in [3.05, 3.63) is 52.3 Å². The Labute approximate surface area is 130 Å². The van der Waals surface area contributed by atoms with E-state index in [4.69, 9.17) is 11.6 Å². The first kappa shape index (κ1) is 16.0. The van der Waals surface area contributed by atoms with Gasteiger partial charge in [0.25, 0.3) is 0 Å². The highest BCUT2D eigenvalue weighted by Crippen LogP contribution is 2.21. The molecule has 2 aromatic rings. The van der Waals surface area contributed by atoms with Crippen LogP contribution in [0.2, 0.25) is 5.02 Å². The van der Waals surface area contributed by atoms with Gasteiger partial charge in [0.1, 0.15) is 11.6 Å². The molecule has 0 saturated carbocycles. The highest BCUT2D eigenvalue weighted by Gasteiger charge is 2.11. The van der Waals surface area contributed by atoms with Crippen molar-refractivity contribution >= 4 is 11.6 Å². The molecule has 0 spiro atoms. The number of hydrogen-bond donors (Lipinski definition) is 1. The normalized spacial score (nSPS) is 11.3. The molecule has 21 heavy (non-hydrogen) atoms. The molecule has 0 fully saturated rings. The zero-order valence-electron chi connectivity index (χ0n) is 12.7. The van der Waals surface area contributed by atoms with Crippen molar-refractivity contribution in [2.24, 2.45) is 5.92 Å². The van der Waals surface area contributed by atoms with E-state index >= 15 is 0 Å². The second kappa shape index (κ2) is 7.05. The summed E-state index contributed by atoms with van der Waals surface area (Å²) in [6, 6.07) is 4.90. The minimum Gasteiger partial charge on any atom is -0.327 e. The molecule has 5 heteroatoms. The van der Waals surface area contributed by atoms with Gasteiger partial charge in [-0.05, 0) is 31.0 Å². The van der Waals surface area contributed by atoms with Crippen LogP contribution in [0.25, 0.3) is 0 Å². The third-order valence-electron chi connectivity index (χ3n) is 3.36. The molecule has 0 aliphatic heterocycles. The molecule has 0 amide bonds. The zero-order valence-corrected chi connectivity index (χ0v) is 13.4. The molecule has 2 rings (SSSR count). The number of benzene rings is 1. The minimum atomic E-state index is -0.383. The van der Waals surface area contributed by atoms with Crippen LogP contribution in [-0.4, -0.2) is 16.1 Å². The maximum Gasteiger partial charge on any atom is 0.142 e. The third kappa shape index (κ3) is 4.05. The molecule has 0 radical (unpaired) electrons. The Bertz CT molecular complexity index is 608. The van der Waals surface area contributed by atoms with Gasteiger partial charge in [0, 0.05) is 12.7 Å². The Kier molecular flexibility index (Phi) is 5.37. The van der Waals surface area contributed by atoms with Gasteiger partial charge in [0.2, 0.25) is 0 Å². The first-order chi connectivity index (χ1) is 9.99. The van der Waals surface area contributed by atoms with E-state index in [1.54, 1.807) is 6.07 Å². The summed E-state index contributed by atoms with van der Waals surface area (Å²) in [6.45, 7) is 8.50. The average Bonchev–Trinajstić information content (AvgIpc) is 2.76. The Hall–Kier alpha value is -1.39. The summed E-state index contributed by atoms with van der Waals surface area (Å²) in [5, 5.41) is 3.59. The SMILES string of the molecule is Cc1ncc(CNCC(C)C)n1Cc1cccc(F)c1Cl. The van der Waals surface area contributed by atoms with Crippen LogP contribution in [0.15, 0.2) is 24.4 Å². The predicted molar refractivity (Wildman–Crippen MR) is 84.0 cm³/mol. The summed E-state index contributed by atoms with van der Waals surface area (Å²) in [7, 11) is 0. The van der Waals surface area contributed by atoms with Crippen molar-refractivity contribution in [1.82, 2.24) is 14.9 Å². The second-order valence-electron chi connectivity index (χ2n) is 5.62. The van der Waals surface area contributed by atoms with Crippen molar-refractivity contribution in [3.63, 3.8) is 0 Å². The van der Waals surface area contributed by atoms with E-state index < -0.39 is 0 Å². The van der Waals surface area contributed by atoms with E-state index in [1.165, 1.54) is 6.07 Å². The van der Waals surface area contributed by atoms with Crippen molar-refractivity contribution in [3.8, 4) is 0 Å². The third-order valence-corrected chi connectivity index (χ3v) is 3.78. The molecule has 0 bridgehead atoms. The monoisotopic (exact) mass is 309 g/mol. The van der Waals surface area contributed by atoms with Gasteiger partial charge in [-0.25, -0.2) is 9.37 Å². The number of nitrogens with zero attached hydrogens (tertiary/aromatic N) is 2. The van der Waals surface area contributed by atoms with E-state index in [-0.39, 0.29) is 10.8 Å². The van der Waals surface area contributed by atoms with E-state index in [9.17, 15) is 4.39 Å². The molecule has 1 aromatic carbocycles. The largest absolute Gasteiger partial charge is 0.327 e. The van der Waals surface area contributed by atoms with Crippen LogP contribution in [0.5, 0.6) is 0 Å². The van der Waals surface area contributed by atoms with E-state index in [0.717, 1.165) is 30.2 Å².